The number of likely N-dealkylation sites (tertiary alicyclic amines) is 1. The lowest BCUT2D eigenvalue weighted by Crippen LogP contribution is -2.37. The molecule has 0 saturated carbocycles. The Morgan fingerprint density at radius 3 is 2.74 bits per heavy atom. The summed E-state index contributed by atoms with van der Waals surface area (Å²) in [5, 5.41) is 3.58. The lowest BCUT2D eigenvalue weighted by Gasteiger charge is -2.27. The van der Waals surface area contributed by atoms with Gasteiger partial charge in [-0.15, -0.1) is 0 Å². The molecule has 0 aromatic carbocycles. The molecule has 128 valence electrons. The van der Waals surface area contributed by atoms with Gasteiger partial charge >= 0.3 is 6.09 Å². The van der Waals surface area contributed by atoms with Gasteiger partial charge in [-0.1, -0.05) is 6.92 Å². The molecule has 1 aliphatic heterocycles. The fourth-order valence-electron chi connectivity index (χ4n) is 2.88. The van der Waals surface area contributed by atoms with Gasteiger partial charge in [-0.25, -0.2) is 14.8 Å². The first-order valence-corrected chi connectivity index (χ1v) is 8.37. The van der Waals surface area contributed by atoms with Crippen molar-refractivity contribution < 1.29 is 9.53 Å². The summed E-state index contributed by atoms with van der Waals surface area (Å²) in [4.78, 5) is 22.3. The molecule has 2 heterocycles. The second kappa shape index (κ2) is 7.73. The highest BCUT2D eigenvalue weighted by atomic mass is 16.6. The summed E-state index contributed by atoms with van der Waals surface area (Å²) in [6, 6.07) is 0.170. The third-order valence-electron chi connectivity index (χ3n) is 3.90. The lowest BCUT2D eigenvalue weighted by molar-refractivity contribution is 0.0285. The van der Waals surface area contributed by atoms with Crippen LogP contribution in [0.4, 0.5) is 4.79 Å². The molecule has 0 spiro atoms. The first-order valence-electron chi connectivity index (χ1n) is 8.37. The standard InChI is InChI=1S/C17H28N4O2/c1-5-7-20-15(14-9-18-12-19-10-14)13-6-8-21(11-13)16(22)23-17(2,3)4/h9-10,12-13,15,20H,5-8,11H2,1-4H3. The van der Waals surface area contributed by atoms with Gasteiger partial charge in [-0.2, -0.15) is 0 Å². The quantitative estimate of drug-likeness (QED) is 0.903. The number of nitrogens with zero attached hydrogens (tertiary/aromatic N) is 3. The maximum atomic E-state index is 12.2. The third kappa shape index (κ3) is 5.16. The van der Waals surface area contributed by atoms with Crippen molar-refractivity contribution in [2.24, 2.45) is 5.92 Å². The maximum Gasteiger partial charge on any atom is 0.410 e. The van der Waals surface area contributed by atoms with Gasteiger partial charge in [0, 0.05) is 37.1 Å². The van der Waals surface area contributed by atoms with Crippen molar-refractivity contribution in [3.63, 3.8) is 0 Å². The molecule has 1 amide bonds. The number of hydrogen-bond acceptors (Lipinski definition) is 5. The zero-order chi connectivity index (χ0) is 16.9. The Bertz CT molecular complexity index is 501. The minimum absolute atomic E-state index is 0.170. The second-order valence-electron chi connectivity index (χ2n) is 7.08. The summed E-state index contributed by atoms with van der Waals surface area (Å²) < 4.78 is 5.48. The van der Waals surface area contributed by atoms with E-state index >= 15 is 0 Å². The van der Waals surface area contributed by atoms with E-state index in [-0.39, 0.29) is 12.1 Å². The first-order chi connectivity index (χ1) is 10.9. The molecule has 6 heteroatoms. The molecule has 2 unspecified atom stereocenters. The zero-order valence-corrected chi connectivity index (χ0v) is 14.6. The SMILES string of the molecule is CCCNC(c1cncnc1)C1CCN(C(=O)OC(C)(C)C)C1. The van der Waals surface area contributed by atoms with Crippen molar-refractivity contribution in [1.82, 2.24) is 20.2 Å². The van der Waals surface area contributed by atoms with E-state index in [2.05, 4.69) is 22.2 Å². The number of aromatic nitrogens is 2. The van der Waals surface area contributed by atoms with Crippen LogP contribution in [0.2, 0.25) is 0 Å². The molecule has 23 heavy (non-hydrogen) atoms. The van der Waals surface area contributed by atoms with Crippen molar-refractivity contribution in [1.29, 1.82) is 0 Å². The van der Waals surface area contributed by atoms with Crippen LogP contribution in [0.3, 0.4) is 0 Å². The van der Waals surface area contributed by atoms with E-state index in [9.17, 15) is 4.79 Å². The highest BCUT2D eigenvalue weighted by molar-refractivity contribution is 5.68. The summed E-state index contributed by atoms with van der Waals surface area (Å²) in [5.41, 5.74) is 0.624. The van der Waals surface area contributed by atoms with Crippen molar-refractivity contribution >= 4 is 6.09 Å². The van der Waals surface area contributed by atoms with Crippen LogP contribution in [0.15, 0.2) is 18.7 Å². The van der Waals surface area contributed by atoms with Crippen LogP contribution in [0.25, 0.3) is 0 Å². The predicted molar refractivity (Wildman–Crippen MR) is 89.0 cm³/mol. The number of amides is 1. The number of carbonyl (C=O) groups excluding carboxylic acids is 1. The second-order valence-corrected chi connectivity index (χ2v) is 7.08. The average molecular weight is 320 g/mol. The van der Waals surface area contributed by atoms with E-state index in [1.807, 2.05) is 33.2 Å². The van der Waals surface area contributed by atoms with Crippen molar-refractivity contribution in [2.45, 2.75) is 52.2 Å². The van der Waals surface area contributed by atoms with E-state index in [0.29, 0.717) is 12.5 Å². The van der Waals surface area contributed by atoms with Gasteiger partial charge < -0.3 is 15.0 Å². The number of carbonyl (C=O) groups is 1. The molecule has 1 aromatic rings. The molecule has 6 nitrogen and oxygen atoms in total. The Hall–Kier alpha value is -1.69. The summed E-state index contributed by atoms with van der Waals surface area (Å²) in [6.07, 6.45) is 7.05. The lowest BCUT2D eigenvalue weighted by atomic mass is 9.94. The van der Waals surface area contributed by atoms with Gasteiger partial charge in [-0.05, 0) is 46.1 Å². The van der Waals surface area contributed by atoms with Crippen LogP contribution in [0, 0.1) is 5.92 Å². The van der Waals surface area contributed by atoms with Crippen molar-refractivity contribution in [3.8, 4) is 0 Å². The molecule has 0 radical (unpaired) electrons. The summed E-state index contributed by atoms with van der Waals surface area (Å²) in [6.45, 7) is 10.2. The predicted octanol–water partition coefficient (Wildman–Crippen LogP) is 2.77. The fraction of sp³-hybridized carbons (Fsp3) is 0.706. The Kier molecular flexibility index (Phi) is 5.93. The van der Waals surface area contributed by atoms with Crippen molar-refractivity contribution in [2.75, 3.05) is 19.6 Å². The number of nitrogens with one attached hydrogen (secondary N) is 1. The fourth-order valence-corrected chi connectivity index (χ4v) is 2.88. The number of ether oxygens (including phenoxy) is 1. The van der Waals surface area contributed by atoms with Crippen molar-refractivity contribution in [3.05, 3.63) is 24.3 Å². The van der Waals surface area contributed by atoms with E-state index in [1.165, 1.54) is 0 Å². The van der Waals surface area contributed by atoms with Gasteiger partial charge in [-0.3, -0.25) is 0 Å². The third-order valence-corrected chi connectivity index (χ3v) is 3.90. The molecular weight excluding hydrogens is 292 g/mol. The molecule has 1 aromatic heterocycles. The molecule has 1 aliphatic rings. The van der Waals surface area contributed by atoms with Gasteiger partial charge in [0.25, 0.3) is 0 Å². The normalized spacial score (nSPS) is 19.7. The smallest absolute Gasteiger partial charge is 0.410 e. The van der Waals surface area contributed by atoms with Crippen LogP contribution < -0.4 is 5.32 Å². The number of rotatable bonds is 5. The summed E-state index contributed by atoms with van der Waals surface area (Å²) in [5.74, 6) is 0.347. The monoisotopic (exact) mass is 320 g/mol. The molecule has 0 bridgehead atoms. The van der Waals surface area contributed by atoms with E-state index in [0.717, 1.165) is 31.5 Å². The largest absolute Gasteiger partial charge is 0.444 e. The minimum atomic E-state index is -0.456. The molecule has 1 N–H and O–H groups in total. The van der Waals surface area contributed by atoms with Crippen LogP contribution in [-0.2, 0) is 4.74 Å². The highest BCUT2D eigenvalue weighted by Gasteiger charge is 2.34. The topological polar surface area (TPSA) is 67.4 Å². The summed E-state index contributed by atoms with van der Waals surface area (Å²) >= 11 is 0. The summed E-state index contributed by atoms with van der Waals surface area (Å²) in [7, 11) is 0. The molecule has 2 rings (SSSR count). The Morgan fingerprint density at radius 1 is 1.43 bits per heavy atom. The van der Waals surface area contributed by atoms with Crippen LogP contribution in [0.1, 0.15) is 52.1 Å². The first kappa shape index (κ1) is 17.7. The molecule has 1 saturated heterocycles. The Balaban J connectivity index is 2.02. The Morgan fingerprint density at radius 2 is 2.13 bits per heavy atom. The Labute approximate surface area is 138 Å². The van der Waals surface area contributed by atoms with Gasteiger partial charge in [0.1, 0.15) is 11.9 Å². The van der Waals surface area contributed by atoms with Crippen LogP contribution in [0.5, 0.6) is 0 Å². The maximum absolute atomic E-state index is 12.2. The molecular formula is C17H28N4O2. The molecule has 2 atom stereocenters. The van der Waals surface area contributed by atoms with E-state index in [4.69, 9.17) is 4.74 Å². The average Bonchev–Trinajstić information content (AvgIpc) is 2.97. The van der Waals surface area contributed by atoms with Crippen LogP contribution >= 0.6 is 0 Å². The van der Waals surface area contributed by atoms with E-state index < -0.39 is 5.60 Å². The zero-order valence-electron chi connectivity index (χ0n) is 14.6. The number of hydrogen-bond donors (Lipinski definition) is 1. The molecule has 0 aliphatic carbocycles. The van der Waals surface area contributed by atoms with Gasteiger partial charge in [0.15, 0.2) is 0 Å². The van der Waals surface area contributed by atoms with Gasteiger partial charge in [0.2, 0.25) is 0 Å². The molecule has 1 fully saturated rings. The van der Waals surface area contributed by atoms with E-state index in [1.54, 1.807) is 11.2 Å². The van der Waals surface area contributed by atoms with Gasteiger partial charge in [0.05, 0.1) is 0 Å². The van der Waals surface area contributed by atoms with Crippen LogP contribution in [-0.4, -0.2) is 46.2 Å². The highest BCUT2D eigenvalue weighted by Crippen LogP contribution is 2.30. The minimum Gasteiger partial charge on any atom is -0.444 e.